The highest BCUT2D eigenvalue weighted by molar-refractivity contribution is 5.57. The molecule has 0 aliphatic rings. The van der Waals surface area contributed by atoms with Gasteiger partial charge in [-0.15, -0.1) is 0 Å². The maximum absolute atomic E-state index is 10.8. The number of benzene rings is 1. The Balaban J connectivity index is 3.02. The summed E-state index contributed by atoms with van der Waals surface area (Å²) in [5, 5.41) is 20.3. The fourth-order valence-corrected chi connectivity index (χ4v) is 2.06. The van der Waals surface area contributed by atoms with Crippen molar-refractivity contribution in [1.82, 2.24) is 4.90 Å². The molecular formula is C14H23N3O3. The fourth-order valence-electron chi connectivity index (χ4n) is 2.06. The lowest BCUT2D eigenvalue weighted by atomic mass is 10.1. The molecule has 0 amide bonds. The monoisotopic (exact) mass is 281 g/mol. The first kappa shape index (κ1) is 16.4. The average molecular weight is 281 g/mol. The Bertz CT molecular complexity index is 449. The van der Waals surface area contributed by atoms with Crippen LogP contribution in [0, 0.1) is 10.1 Å². The number of non-ortho nitro benzene ring substituents is 1. The van der Waals surface area contributed by atoms with Crippen LogP contribution in [0.15, 0.2) is 18.2 Å². The summed E-state index contributed by atoms with van der Waals surface area (Å²) in [6.45, 7) is 4.47. The quantitative estimate of drug-likeness (QED) is 0.582. The molecule has 0 spiro atoms. The SMILES string of the molecule is CCCN(CCN(C)C)c1ccc([N+](=O)[O-])cc1CO. The maximum atomic E-state index is 10.8. The summed E-state index contributed by atoms with van der Waals surface area (Å²) in [4.78, 5) is 14.6. The van der Waals surface area contributed by atoms with Crippen molar-refractivity contribution in [2.24, 2.45) is 0 Å². The predicted octanol–water partition coefficient (Wildman–Crippen LogP) is 1.87. The number of aliphatic hydroxyl groups is 1. The number of nitro groups is 1. The lowest BCUT2D eigenvalue weighted by Crippen LogP contribution is -2.33. The Morgan fingerprint density at radius 3 is 2.45 bits per heavy atom. The summed E-state index contributed by atoms with van der Waals surface area (Å²) < 4.78 is 0. The molecule has 0 saturated carbocycles. The second kappa shape index (κ2) is 7.81. The molecule has 1 rings (SSSR count). The van der Waals surface area contributed by atoms with Gasteiger partial charge in [0.15, 0.2) is 0 Å². The Hall–Kier alpha value is -1.66. The average Bonchev–Trinajstić information content (AvgIpc) is 2.42. The van der Waals surface area contributed by atoms with Crippen molar-refractivity contribution in [3.63, 3.8) is 0 Å². The third-order valence-corrected chi connectivity index (χ3v) is 3.10. The minimum Gasteiger partial charge on any atom is -0.392 e. The van der Waals surface area contributed by atoms with Gasteiger partial charge >= 0.3 is 0 Å². The van der Waals surface area contributed by atoms with E-state index in [-0.39, 0.29) is 12.3 Å². The summed E-state index contributed by atoms with van der Waals surface area (Å²) in [5.74, 6) is 0. The van der Waals surface area contributed by atoms with Gasteiger partial charge in [-0.25, -0.2) is 0 Å². The van der Waals surface area contributed by atoms with Crippen LogP contribution in [-0.4, -0.2) is 48.7 Å². The standard InChI is InChI=1S/C14H23N3O3/c1-4-7-16(9-8-15(2)3)14-6-5-13(17(19)20)10-12(14)11-18/h5-6,10,18H,4,7-9,11H2,1-3H3. The first-order chi connectivity index (χ1) is 9.49. The fraction of sp³-hybridized carbons (Fsp3) is 0.571. The smallest absolute Gasteiger partial charge is 0.269 e. The zero-order valence-electron chi connectivity index (χ0n) is 12.4. The lowest BCUT2D eigenvalue weighted by Gasteiger charge is -2.27. The predicted molar refractivity (Wildman–Crippen MR) is 80.1 cm³/mol. The van der Waals surface area contributed by atoms with Gasteiger partial charge in [0.25, 0.3) is 5.69 Å². The first-order valence-electron chi connectivity index (χ1n) is 6.77. The van der Waals surface area contributed by atoms with E-state index in [0.29, 0.717) is 5.56 Å². The van der Waals surface area contributed by atoms with Gasteiger partial charge in [0.2, 0.25) is 0 Å². The molecule has 0 aromatic heterocycles. The molecule has 112 valence electrons. The molecule has 0 atom stereocenters. The Kier molecular flexibility index (Phi) is 6.41. The number of hydrogen-bond donors (Lipinski definition) is 1. The van der Waals surface area contributed by atoms with E-state index in [1.807, 2.05) is 14.1 Å². The largest absolute Gasteiger partial charge is 0.392 e. The van der Waals surface area contributed by atoms with Crippen molar-refractivity contribution in [1.29, 1.82) is 0 Å². The van der Waals surface area contributed by atoms with Crippen molar-refractivity contribution in [3.8, 4) is 0 Å². The van der Waals surface area contributed by atoms with Gasteiger partial charge in [0.1, 0.15) is 0 Å². The molecule has 0 radical (unpaired) electrons. The molecule has 0 heterocycles. The molecule has 20 heavy (non-hydrogen) atoms. The highest BCUT2D eigenvalue weighted by Crippen LogP contribution is 2.25. The van der Waals surface area contributed by atoms with E-state index in [0.717, 1.165) is 31.7 Å². The van der Waals surface area contributed by atoms with E-state index in [9.17, 15) is 15.2 Å². The molecule has 1 aromatic rings. The van der Waals surface area contributed by atoms with Gasteiger partial charge in [0.05, 0.1) is 11.5 Å². The molecule has 6 heteroatoms. The summed E-state index contributed by atoms with van der Waals surface area (Å²) in [6, 6.07) is 4.68. The molecule has 1 N–H and O–H groups in total. The molecule has 0 saturated heterocycles. The molecular weight excluding hydrogens is 258 g/mol. The normalized spacial score (nSPS) is 10.8. The van der Waals surface area contributed by atoms with Crippen molar-refractivity contribution < 1.29 is 10.0 Å². The second-order valence-corrected chi connectivity index (χ2v) is 5.02. The maximum Gasteiger partial charge on any atom is 0.269 e. The van der Waals surface area contributed by atoms with Crippen molar-refractivity contribution >= 4 is 11.4 Å². The molecule has 1 aromatic carbocycles. The van der Waals surface area contributed by atoms with E-state index in [1.54, 1.807) is 6.07 Å². The Morgan fingerprint density at radius 1 is 1.25 bits per heavy atom. The van der Waals surface area contributed by atoms with Gasteiger partial charge in [-0.1, -0.05) is 6.92 Å². The van der Waals surface area contributed by atoms with Crippen LogP contribution in [0.2, 0.25) is 0 Å². The third-order valence-electron chi connectivity index (χ3n) is 3.10. The number of aliphatic hydroxyl groups excluding tert-OH is 1. The van der Waals surface area contributed by atoms with Gasteiger partial charge in [-0.05, 0) is 26.6 Å². The molecule has 6 nitrogen and oxygen atoms in total. The van der Waals surface area contributed by atoms with Crippen LogP contribution < -0.4 is 4.90 Å². The number of rotatable bonds is 8. The summed E-state index contributed by atoms with van der Waals surface area (Å²) in [5.41, 5.74) is 1.50. The van der Waals surface area contributed by atoms with Crippen LogP contribution in [0.3, 0.4) is 0 Å². The van der Waals surface area contributed by atoms with Gasteiger partial charge in [-0.2, -0.15) is 0 Å². The van der Waals surface area contributed by atoms with Crippen molar-refractivity contribution in [2.75, 3.05) is 38.6 Å². The number of likely N-dealkylation sites (N-methyl/N-ethyl adjacent to an activating group) is 1. The van der Waals surface area contributed by atoms with Crippen LogP contribution >= 0.6 is 0 Å². The van der Waals surface area contributed by atoms with Crippen molar-refractivity contribution in [2.45, 2.75) is 20.0 Å². The number of hydrogen-bond acceptors (Lipinski definition) is 5. The van der Waals surface area contributed by atoms with Crippen LogP contribution in [0.25, 0.3) is 0 Å². The van der Waals surface area contributed by atoms with Gasteiger partial charge in [0, 0.05) is 43.0 Å². The minimum absolute atomic E-state index is 0.0156. The zero-order valence-corrected chi connectivity index (χ0v) is 12.4. The van der Waals surface area contributed by atoms with Crippen molar-refractivity contribution in [3.05, 3.63) is 33.9 Å². The summed E-state index contributed by atoms with van der Waals surface area (Å²) >= 11 is 0. The first-order valence-corrected chi connectivity index (χ1v) is 6.77. The van der Waals surface area contributed by atoms with Gasteiger partial charge in [-0.3, -0.25) is 10.1 Å². The lowest BCUT2D eigenvalue weighted by molar-refractivity contribution is -0.384. The number of nitrogens with zero attached hydrogens (tertiary/aromatic N) is 3. The number of anilines is 1. The summed E-state index contributed by atoms with van der Waals surface area (Å²) in [7, 11) is 4.01. The van der Waals surface area contributed by atoms with E-state index >= 15 is 0 Å². The highest BCUT2D eigenvalue weighted by atomic mass is 16.6. The van der Waals surface area contributed by atoms with Crippen LogP contribution in [0.1, 0.15) is 18.9 Å². The van der Waals surface area contributed by atoms with E-state index in [2.05, 4.69) is 16.7 Å². The minimum atomic E-state index is -0.438. The molecule has 0 unspecified atom stereocenters. The second-order valence-electron chi connectivity index (χ2n) is 5.02. The van der Waals surface area contributed by atoms with Crippen LogP contribution in [0.4, 0.5) is 11.4 Å². The molecule has 0 aliphatic heterocycles. The Morgan fingerprint density at radius 2 is 1.95 bits per heavy atom. The topological polar surface area (TPSA) is 69.9 Å². The van der Waals surface area contributed by atoms with E-state index in [4.69, 9.17) is 0 Å². The molecule has 0 bridgehead atoms. The van der Waals surface area contributed by atoms with E-state index in [1.165, 1.54) is 12.1 Å². The van der Waals surface area contributed by atoms with E-state index < -0.39 is 4.92 Å². The zero-order chi connectivity index (χ0) is 15.1. The molecule has 0 aliphatic carbocycles. The van der Waals surface area contributed by atoms with Gasteiger partial charge < -0.3 is 14.9 Å². The van der Waals surface area contributed by atoms with Crippen LogP contribution in [-0.2, 0) is 6.61 Å². The highest BCUT2D eigenvalue weighted by Gasteiger charge is 2.15. The molecule has 0 fully saturated rings. The van der Waals surface area contributed by atoms with Crippen LogP contribution in [0.5, 0.6) is 0 Å². The summed E-state index contributed by atoms with van der Waals surface area (Å²) in [6.07, 6.45) is 0.981. The third kappa shape index (κ3) is 4.47. The number of nitro benzene ring substituents is 1. The Labute approximate surface area is 119 Å².